The molecule has 0 saturated heterocycles. The zero-order valence-electron chi connectivity index (χ0n) is 13.3. The Kier molecular flexibility index (Phi) is 4.84. The number of aromatic nitrogens is 2. The first-order chi connectivity index (χ1) is 12.0. The Labute approximate surface area is 146 Å². The molecule has 0 spiro atoms. The molecule has 1 aliphatic heterocycles. The number of benzene rings is 1. The highest BCUT2D eigenvalue weighted by molar-refractivity contribution is 7.99. The van der Waals surface area contributed by atoms with E-state index in [1.54, 1.807) is 0 Å². The average molecular weight is 362 g/mol. The van der Waals surface area contributed by atoms with Crippen LogP contribution in [-0.4, -0.2) is 27.5 Å². The lowest BCUT2D eigenvalue weighted by molar-refractivity contribution is -0.123. The Bertz CT molecular complexity index is 899. The van der Waals surface area contributed by atoms with Crippen LogP contribution in [0.2, 0.25) is 0 Å². The summed E-state index contributed by atoms with van der Waals surface area (Å²) in [6, 6.07) is 5.38. The lowest BCUT2D eigenvalue weighted by Crippen LogP contribution is -2.36. The van der Waals surface area contributed by atoms with E-state index in [0.29, 0.717) is 10.9 Å². The summed E-state index contributed by atoms with van der Waals surface area (Å²) in [4.78, 5) is 43.7. The number of hydrogen-bond donors (Lipinski definition) is 3. The number of halogens is 1. The lowest BCUT2D eigenvalue weighted by Gasteiger charge is -2.23. The molecule has 3 rings (SSSR count). The van der Waals surface area contributed by atoms with Crippen molar-refractivity contribution in [3.05, 3.63) is 46.0 Å². The molecular weight excluding hydrogens is 347 g/mol. The Morgan fingerprint density at radius 3 is 2.96 bits per heavy atom. The van der Waals surface area contributed by atoms with Crippen LogP contribution in [0.1, 0.15) is 24.8 Å². The van der Waals surface area contributed by atoms with Gasteiger partial charge in [0.05, 0.1) is 11.5 Å². The predicted molar refractivity (Wildman–Crippen MR) is 92.3 cm³/mol. The first kappa shape index (κ1) is 17.2. The third kappa shape index (κ3) is 3.71. The number of amides is 2. The highest BCUT2D eigenvalue weighted by Gasteiger charge is 2.34. The van der Waals surface area contributed by atoms with E-state index >= 15 is 0 Å². The third-order valence-corrected chi connectivity index (χ3v) is 4.37. The smallest absolute Gasteiger partial charge is 0.257 e. The summed E-state index contributed by atoms with van der Waals surface area (Å²) in [7, 11) is 0. The van der Waals surface area contributed by atoms with Crippen molar-refractivity contribution in [3.8, 4) is 0 Å². The zero-order valence-corrected chi connectivity index (χ0v) is 14.1. The summed E-state index contributed by atoms with van der Waals surface area (Å²) in [5, 5.41) is 5.44. The van der Waals surface area contributed by atoms with Crippen molar-refractivity contribution in [2.75, 3.05) is 16.4 Å². The molecule has 0 saturated carbocycles. The number of nitrogens with zero attached hydrogens (tertiary/aromatic N) is 1. The topological polar surface area (TPSA) is 104 Å². The molecule has 3 N–H and O–H groups in total. The van der Waals surface area contributed by atoms with Gasteiger partial charge in [0.25, 0.3) is 5.56 Å². The zero-order chi connectivity index (χ0) is 18.0. The van der Waals surface area contributed by atoms with Gasteiger partial charge in [0.15, 0.2) is 5.16 Å². The van der Waals surface area contributed by atoms with Crippen molar-refractivity contribution < 1.29 is 14.0 Å². The monoisotopic (exact) mass is 362 g/mol. The number of anilines is 2. The first-order valence-corrected chi connectivity index (χ1v) is 8.59. The fraction of sp³-hybridized carbons (Fsp3) is 0.250. The van der Waals surface area contributed by atoms with Gasteiger partial charge in [-0.15, -0.1) is 0 Å². The SMILES string of the molecule is CCSc1nc2c(c(=O)[nH]1)[C@@H](C(=O)Nc1cccc(F)c1)CC(=O)N2. The molecule has 1 atom stereocenters. The number of hydrogen-bond acceptors (Lipinski definition) is 5. The summed E-state index contributed by atoms with van der Waals surface area (Å²) in [5.74, 6) is -1.68. The second-order valence-corrected chi connectivity index (χ2v) is 6.62. The number of carbonyl (C=O) groups excluding carboxylic acids is 2. The van der Waals surface area contributed by atoms with E-state index in [1.807, 2.05) is 6.92 Å². The van der Waals surface area contributed by atoms with E-state index in [1.165, 1.54) is 30.0 Å². The van der Waals surface area contributed by atoms with Crippen LogP contribution in [0.5, 0.6) is 0 Å². The second kappa shape index (κ2) is 7.06. The molecule has 0 bridgehead atoms. The minimum absolute atomic E-state index is 0.0929. The molecule has 0 radical (unpaired) electrons. The minimum atomic E-state index is -0.996. The van der Waals surface area contributed by atoms with Gasteiger partial charge in [-0.05, 0) is 24.0 Å². The summed E-state index contributed by atoms with van der Waals surface area (Å²) in [5.41, 5.74) is -0.116. The van der Waals surface area contributed by atoms with E-state index in [2.05, 4.69) is 20.6 Å². The maximum absolute atomic E-state index is 13.3. The molecule has 1 aromatic carbocycles. The van der Waals surface area contributed by atoms with Crippen LogP contribution in [-0.2, 0) is 9.59 Å². The van der Waals surface area contributed by atoms with Crippen LogP contribution in [0, 0.1) is 5.82 Å². The van der Waals surface area contributed by atoms with Gasteiger partial charge in [-0.3, -0.25) is 14.4 Å². The Hall–Kier alpha value is -2.68. The molecular formula is C16H15FN4O3S. The fourth-order valence-electron chi connectivity index (χ4n) is 2.58. The predicted octanol–water partition coefficient (Wildman–Crippen LogP) is 2.09. The normalized spacial score (nSPS) is 16.1. The molecule has 0 unspecified atom stereocenters. The van der Waals surface area contributed by atoms with Crippen LogP contribution in [0.4, 0.5) is 15.9 Å². The Balaban J connectivity index is 1.94. The summed E-state index contributed by atoms with van der Waals surface area (Å²) in [6.45, 7) is 1.90. The number of nitrogens with one attached hydrogen (secondary N) is 3. The van der Waals surface area contributed by atoms with Crippen molar-refractivity contribution in [1.29, 1.82) is 0 Å². The number of rotatable bonds is 4. The number of aromatic amines is 1. The average Bonchev–Trinajstić information content (AvgIpc) is 2.54. The molecule has 25 heavy (non-hydrogen) atoms. The molecule has 1 aromatic heterocycles. The number of thioether (sulfide) groups is 1. The molecule has 9 heteroatoms. The maximum Gasteiger partial charge on any atom is 0.257 e. The van der Waals surface area contributed by atoms with E-state index in [4.69, 9.17) is 0 Å². The van der Waals surface area contributed by atoms with Gasteiger partial charge in [-0.1, -0.05) is 24.8 Å². The summed E-state index contributed by atoms with van der Waals surface area (Å²) < 4.78 is 13.3. The van der Waals surface area contributed by atoms with Crippen molar-refractivity contribution in [2.24, 2.45) is 0 Å². The maximum atomic E-state index is 13.3. The highest BCUT2D eigenvalue weighted by Crippen LogP contribution is 2.30. The quantitative estimate of drug-likeness (QED) is 0.571. The fourth-order valence-corrected chi connectivity index (χ4v) is 3.17. The summed E-state index contributed by atoms with van der Waals surface area (Å²) >= 11 is 1.32. The molecule has 2 aromatic rings. The largest absolute Gasteiger partial charge is 0.325 e. The van der Waals surface area contributed by atoms with Crippen molar-refractivity contribution >= 4 is 35.1 Å². The van der Waals surface area contributed by atoms with Crippen molar-refractivity contribution in [3.63, 3.8) is 0 Å². The van der Waals surface area contributed by atoms with Crippen molar-refractivity contribution in [1.82, 2.24) is 9.97 Å². The summed E-state index contributed by atoms with van der Waals surface area (Å²) in [6.07, 6.45) is -0.181. The molecule has 7 nitrogen and oxygen atoms in total. The molecule has 1 aliphatic rings. The minimum Gasteiger partial charge on any atom is -0.325 e. The van der Waals surface area contributed by atoms with Gasteiger partial charge in [0.1, 0.15) is 11.6 Å². The number of fused-ring (bicyclic) bond motifs is 1. The molecule has 0 fully saturated rings. The highest BCUT2D eigenvalue weighted by atomic mass is 32.2. The van der Waals surface area contributed by atoms with Gasteiger partial charge in [-0.2, -0.15) is 0 Å². The van der Waals surface area contributed by atoms with E-state index in [9.17, 15) is 18.8 Å². The van der Waals surface area contributed by atoms with Gasteiger partial charge in [0, 0.05) is 12.1 Å². The standard InChI is InChI=1S/C16H15FN4O3S/c1-2-25-16-20-13-12(15(24)21-16)10(7-11(22)19-13)14(23)18-9-5-3-4-8(17)6-9/h3-6,10H,2,7H2,1H3,(H,18,23)(H2,19,20,21,22,24)/t10-/m0/s1. The van der Waals surface area contributed by atoms with Gasteiger partial charge >= 0.3 is 0 Å². The molecule has 2 heterocycles. The van der Waals surface area contributed by atoms with E-state index < -0.39 is 29.1 Å². The van der Waals surface area contributed by atoms with Gasteiger partial charge in [-0.25, -0.2) is 9.37 Å². The molecule has 130 valence electrons. The number of carbonyl (C=O) groups is 2. The van der Waals surface area contributed by atoms with Crippen LogP contribution in [0.15, 0.2) is 34.2 Å². The molecule has 0 aliphatic carbocycles. The van der Waals surface area contributed by atoms with Crippen LogP contribution >= 0.6 is 11.8 Å². The van der Waals surface area contributed by atoms with Gasteiger partial charge in [0.2, 0.25) is 11.8 Å². The van der Waals surface area contributed by atoms with Crippen LogP contribution in [0.25, 0.3) is 0 Å². The Morgan fingerprint density at radius 1 is 1.44 bits per heavy atom. The van der Waals surface area contributed by atoms with E-state index in [0.717, 1.165) is 6.07 Å². The third-order valence-electron chi connectivity index (χ3n) is 3.62. The second-order valence-electron chi connectivity index (χ2n) is 5.37. The van der Waals surface area contributed by atoms with Crippen LogP contribution in [0.3, 0.4) is 0 Å². The van der Waals surface area contributed by atoms with E-state index in [-0.39, 0.29) is 23.5 Å². The first-order valence-electron chi connectivity index (χ1n) is 7.61. The van der Waals surface area contributed by atoms with Gasteiger partial charge < -0.3 is 15.6 Å². The molecule has 2 amide bonds. The van der Waals surface area contributed by atoms with Crippen LogP contribution < -0.4 is 16.2 Å². The number of H-pyrrole nitrogens is 1. The Morgan fingerprint density at radius 2 is 2.24 bits per heavy atom. The van der Waals surface area contributed by atoms with Crippen molar-refractivity contribution in [2.45, 2.75) is 24.4 Å². The lowest BCUT2D eigenvalue weighted by atomic mass is 9.92.